The van der Waals surface area contributed by atoms with E-state index in [0.717, 1.165) is 11.1 Å². The molecule has 21 heavy (non-hydrogen) atoms. The quantitative estimate of drug-likeness (QED) is 0.514. The average molecular weight is 285 g/mol. The van der Waals surface area contributed by atoms with Gasteiger partial charge in [0, 0.05) is 17.3 Å². The highest BCUT2D eigenvalue weighted by Crippen LogP contribution is 2.23. The highest BCUT2D eigenvalue weighted by Gasteiger charge is 2.14. The number of nitrogen functional groups attached to an aromatic ring is 1. The van der Waals surface area contributed by atoms with Gasteiger partial charge in [0.15, 0.2) is 0 Å². The summed E-state index contributed by atoms with van der Waals surface area (Å²) in [7, 11) is 0. The standard InChI is InChI=1S/C15H15N3O3/c1-9-5-10(2)7-12(6-9)17-15(19)11-3-4-14(18(20)21)13(16)8-11/h3-8H,16H2,1-2H3,(H,17,19). The predicted octanol–water partition coefficient (Wildman–Crippen LogP) is 3.05. The SMILES string of the molecule is Cc1cc(C)cc(NC(=O)c2ccc([N+](=O)[O-])c(N)c2)c1. The van der Waals surface area contributed by atoms with Gasteiger partial charge in [-0.15, -0.1) is 0 Å². The molecule has 0 fully saturated rings. The Morgan fingerprint density at radius 1 is 1.14 bits per heavy atom. The van der Waals surface area contributed by atoms with Crippen LogP contribution in [0.15, 0.2) is 36.4 Å². The van der Waals surface area contributed by atoms with E-state index < -0.39 is 4.92 Å². The van der Waals surface area contributed by atoms with Crippen LogP contribution in [0.25, 0.3) is 0 Å². The number of rotatable bonds is 3. The fourth-order valence-electron chi connectivity index (χ4n) is 2.11. The molecule has 0 spiro atoms. The number of nitro benzene ring substituents is 1. The zero-order valence-electron chi connectivity index (χ0n) is 11.7. The van der Waals surface area contributed by atoms with Gasteiger partial charge in [-0.1, -0.05) is 6.07 Å². The Bertz CT molecular complexity index is 706. The summed E-state index contributed by atoms with van der Waals surface area (Å²) >= 11 is 0. The van der Waals surface area contributed by atoms with Crippen molar-refractivity contribution in [1.29, 1.82) is 0 Å². The van der Waals surface area contributed by atoms with Crippen molar-refractivity contribution in [2.45, 2.75) is 13.8 Å². The number of nitrogens with one attached hydrogen (secondary N) is 1. The first kappa shape index (κ1) is 14.5. The molecule has 0 aliphatic heterocycles. The van der Waals surface area contributed by atoms with Crippen LogP contribution in [0, 0.1) is 24.0 Å². The monoisotopic (exact) mass is 285 g/mol. The lowest BCUT2D eigenvalue weighted by molar-refractivity contribution is -0.383. The van der Waals surface area contributed by atoms with Gasteiger partial charge in [0.1, 0.15) is 5.69 Å². The van der Waals surface area contributed by atoms with Crippen molar-refractivity contribution >= 4 is 23.0 Å². The van der Waals surface area contributed by atoms with Gasteiger partial charge < -0.3 is 11.1 Å². The summed E-state index contributed by atoms with van der Waals surface area (Å²) in [4.78, 5) is 22.2. The molecule has 0 unspecified atom stereocenters. The Morgan fingerprint density at radius 3 is 2.29 bits per heavy atom. The summed E-state index contributed by atoms with van der Waals surface area (Å²) in [6, 6.07) is 9.60. The summed E-state index contributed by atoms with van der Waals surface area (Å²) in [5.74, 6) is -0.360. The van der Waals surface area contributed by atoms with Gasteiger partial charge >= 0.3 is 0 Å². The summed E-state index contributed by atoms with van der Waals surface area (Å²) < 4.78 is 0. The minimum atomic E-state index is -0.582. The number of hydrogen-bond acceptors (Lipinski definition) is 4. The van der Waals surface area contributed by atoms with Gasteiger partial charge in [0.05, 0.1) is 4.92 Å². The van der Waals surface area contributed by atoms with Gasteiger partial charge in [0.2, 0.25) is 0 Å². The Labute approximate surface area is 121 Å². The third-order valence-electron chi connectivity index (χ3n) is 2.97. The summed E-state index contributed by atoms with van der Waals surface area (Å²) in [5.41, 5.74) is 8.36. The van der Waals surface area contributed by atoms with Crippen molar-refractivity contribution < 1.29 is 9.72 Å². The van der Waals surface area contributed by atoms with Crippen LogP contribution < -0.4 is 11.1 Å². The molecule has 0 saturated heterocycles. The normalized spacial score (nSPS) is 10.2. The second-order valence-corrected chi connectivity index (χ2v) is 4.86. The fourth-order valence-corrected chi connectivity index (χ4v) is 2.11. The molecule has 0 aliphatic carbocycles. The Morgan fingerprint density at radius 2 is 1.76 bits per heavy atom. The number of nitrogens with two attached hydrogens (primary N) is 1. The van der Waals surface area contributed by atoms with E-state index in [1.165, 1.54) is 18.2 Å². The van der Waals surface area contributed by atoms with Crippen LogP contribution in [0.3, 0.4) is 0 Å². The molecule has 0 saturated carbocycles. The minimum absolute atomic E-state index is 0.0342. The van der Waals surface area contributed by atoms with E-state index in [0.29, 0.717) is 5.69 Å². The van der Waals surface area contributed by atoms with Crippen molar-refractivity contribution in [3.8, 4) is 0 Å². The molecule has 2 rings (SSSR count). The van der Waals surface area contributed by atoms with Crippen LogP contribution >= 0.6 is 0 Å². The Kier molecular flexibility index (Phi) is 3.89. The lowest BCUT2D eigenvalue weighted by Crippen LogP contribution is -2.12. The first-order valence-corrected chi connectivity index (χ1v) is 6.30. The molecule has 6 heteroatoms. The number of carbonyl (C=O) groups excluding carboxylic acids is 1. The maximum absolute atomic E-state index is 12.1. The second-order valence-electron chi connectivity index (χ2n) is 4.86. The summed E-state index contributed by atoms with van der Waals surface area (Å²) in [5, 5.41) is 13.4. The third-order valence-corrected chi connectivity index (χ3v) is 2.97. The summed E-state index contributed by atoms with van der Waals surface area (Å²) in [6.07, 6.45) is 0. The molecule has 0 heterocycles. The van der Waals surface area contributed by atoms with E-state index in [4.69, 9.17) is 5.73 Å². The zero-order chi connectivity index (χ0) is 15.6. The first-order chi connectivity index (χ1) is 9.86. The first-order valence-electron chi connectivity index (χ1n) is 6.30. The van der Waals surface area contributed by atoms with E-state index in [1.807, 2.05) is 32.0 Å². The van der Waals surface area contributed by atoms with E-state index in [2.05, 4.69) is 5.32 Å². The maximum Gasteiger partial charge on any atom is 0.292 e. The lowest BCUT2D eigenvalue weighted by atomic mass is 10.1. The molecule has 0 aliphatic rings. The van der Waals surface area contributed by atoms with E-state index >= 15 is 0 Å². The number of hydrogen-bond donors (Lipinski definition) is 2. The Balaban J connectivity index is 2.24. The average Bonchev–Trinajstić information content (AvgIpc) is 2.36. The molecule has 2 aromatic rings. The molecule has 3 N–H and O–H groups in total. The molecule has 0 bridgehead atoms. The number of anilines is 2. The van der Waals surface area contributed by atoms with Crippen molar-refractivity contribution in [3.05, 3.63) is 63.2 Å². The molecule has 0 atom stereocenters. The van der Waals surface area contributed by atoms with Crippen LogP contribution in [0.4, 0.5) is 17.1 Å². The smallest absolute Gasteiger partial charge is 0.292 e. The van der Waals surface area contributed by atoms with Gasteiger partial charge in [-0.05, 0) is 49.2 Å². The maximum atomic E-state index is 12.1. The third kappa shape index (κ3) is 3.36. The summed E-state index contributed by atoms with van der Waals surface area (Å²) in [6.45, 7) is 3.87. The molecular formula is C15H15N3O3. The molecule has 1 amide bonds. The molecule has 0 radical (unpaired) electrons. The number of carbonyl (C=O) groups is 1. The van der Waals surface area contributed by atoms with E-state index in [1.54, 1.807) is 0 Å². The topological polar surface area (TPSA) is 98.3 Å². The molecule has 2 aromatic carbocycles. The number of amides is 1. The van der Waals surface area contributed by atoms with Gasteiger partial charge in [-0.2, -0.15) is 0 Å². The van der Waals surface area contributed by atoms with Gasteiger partial charge in [-0.3, -0.25) is 14.9 Å². The van der Waals surface area contributed by atoms with Crippen LogP contribution in [-0.4, -0.2) is 10.8 Å². The molecule has 0 aromatic heterocycles. The van der Waals surface area contributed by atoms with Gasteiger partial charge in [-0.25, -0.2) is 0 Å². The van der Waals surface area contributed by atoms with Crippen LogP contribution in [0.1, 0.15) is 21.5 Å². The van der Waals surface area contributed by atoms with Crippen LogP contribution in [0.5, 0.6) is 0 Å². The zero-order valence-corrected chi connectivity index (χ0v) is 11.7. The highest BCUT2D eigenvalue weighted by molar-refractivity contribution is 6.05. The predicted molar refractivity (Wildman–Crippen MR) is 81.4 cm³/mol. The van der Waals surface area contributed by atoms with Crippen LogP contribution in [0.2, 0.25) is 0 Å². The lowest BCUT2D eigenvalue weighted by Gasteiger charge is -2.08. The minimum Gasteiger partial charge on any atom is -0.393 e. The van der Waals surface area contributed by atoms with Crippen molar-refractivity contribution in [2.24, 2.45) is 0 Å². The number of aryl methyl sites for hydroxylation is 2. The van der Waals surface area contributed by atoms with E-state index in [-0.39, 0.29) is 22.8 Å². The highest BCUT2D eigenvalue weighted by atomic mass is 16.6. The van der Waals surface area contributed by atoms with Crippen LogP contribution in [-0.2, 0) is 0 Å². The number of nitro groups is 1. The largest absolute Gasteiger partial charge is 0.393 e. The Hall–Kier alpha value is -2.89. The second kappa shape index (κ2) is 5.62. The van der Waals surface area contributed by atoms with Crippen molar-refractivity contribution in [3.63, 3.8) is 0 Å². The van der Waals surface area contributed by atoms with Crippen molar-refractivity contribution in [2.75, 3.05) is 11.1 Å². The molecule has 108 valence electrons. The molecular weight excluding hydrogens is 270 g/mol. The fraction of sp³-hybridized carbons (Fsp3) is 0.133. The number of benzene rings is 2. The van der Waals surface area contributed by atoms with Gasteiger partial charge in [0.25, 0.3) is 11.6 Å². The van der Waals surface area contributed by atoms with Crippen molar-refractivity contribution in [1.82, 2.24) is 0 Å². The van der Waals surface area contributed by atoms with E-state index in [9.17, 15) is 14.9 Å². The number of nitrogens with zero attached hydrogens (tertiary/aromatic N) is 1. The molecule has 6 nitrogen and oxygen atoms in total.